The van der Waals surface area contributed by atoms with Gasteiger partial charge < -0.3 is 15.7 Å². The van der Waals surface area contributed by atoms with Crippen molar-refractivity contribution in [3.8, 4) is 0 Å². The number of aliphatic hydroxyl groups excluding tert-OH is 1. The average Bonchev–Trinajstić information content (AvgIpc) is 2.51. The fourth-order valence-corrected chi connectivity index (χ4v) is 2.98. The number of nitrogens with zero attached hydrogens (tertiary/aromatic N) is 1. The summed E-state index contributed by atoms with van der Waals surface area (Å²) >= 11 is 0. The predicted molar refractivity (Wildman–Crippen MR) is 101 cm³/mol. The van der Waals surface area contributed by atoms with Crippen molar-refractivity contribution >= 4 is 16.0 Å². The third-order valence-electron chi connectivity index (χ3n) is 3.54. The van der Waals surface area contributed by atoms with Crippen LogP contribution in [0.5, 0.6) is 0 Å². The van der Waals surface area contributed by atoms with Crippen molar-refractivity contribution in [2.45, 2.75) is 47.0 Å². The van der Waals surface area contributed by atoms with E-state index < -0.39 is 10.0 Å². The number of rotatable bonds is 13. The largest absolute Gasteiger partial charge is 0.396 e. The predicted octanol–water partition coefficient (Wildman–Crippen LogP) is 0.916. The highest BCUT2D eigenvalue weighted by Crippen LogP contribution is 2.15. The van der Waals surface area contributed by atoms with Crippen LogP contribution in [0.4, 0.5) is 0 Å². The average molecular weight is 365 g/mol. The summed E-state index contributed by atoms with van der Waals surface area (Å²) in [5.41, 5.74) is 0. The number of nitrogens with one attached hydrogen (secondary N) is 3. The molecule has 8 heteroatoms. The summed E-state index contributed by atoms with van der Waals surface area (Å²) in [6.45, 7) is 10.7. The fraction of sp³-hybridized carbons (Fsp3) is 0.938. The van der Waals surface area contributed by atoms with E-state index in [0.29, 0.717) is 37.9 Å². The minimum atomic E-state index is -3.12. The molecule has 0 amide bonds. The smallest absolute Gasteiger partial charge is 0.211 e. The van der Waals surface area contributed by atoms with Crippen LogP contribution in [0.3, 0.4) is 0 Å². The molecule has 1 atom stereocenters. The van der Waals surface area contributed by atoms with Gasteiger partial charge in [0.25, 0.3) is 0 Å². The minimum absolute atomic E-state index is 0.104. The van der Waals surface area contributed by atoms with Gasteiger partial charge in [-0.15, -0.1) is 0 Å². The number of aliphatic imine (C=N–C) groups is 1. The molecule has 0 heterocycles. The first-order valence-corrected chi connectivity index (χ1v) is 10.6. The van der Waals surface area contributed by atoms with Crippen LogP contribution in [0.25, 0.3) is 0 Å². The number of aliphatic hydroxyl groups is 1. The summed E-state index contributed by atoms with van der Waals surface area (Å²) in [5, 5.41) is 15.6. The lowest BCUT2D eigenvalue weighted by molar-refractivity contribution is 0.245. The van der Waals surface area contributed by atoms with Crippen LogP contribution in [0.15, 0.2) is 4.99 Å². The molecule has 144 valence electrons. The summed E-state index contributed by atoms with van der Waals surface area (Å²) in [4.78, 5) is 4.59. The molecule has 0 aromatic heterocycles. The molecule has 0 fully saturated rings. The second kappa shape index (κ2) is 13.4. The molecule has 0 aliphatic heterocycles. The Kier molecular flexibility index (Phi) is 13.0. The molecule has 0 aromatic carbocycles. The van der Waals surface area contributed by atoms with Gasteiger partial charge in [0, 0.05) is 32.8 Å². The fourth-order valence-electron chi connectivity index (χ4n) is 2.32. The Balaban J connectivity index is 4.30. The molecule has 4 N–H and O–H groups in total. The van der Waals surface area contributed by atoms with Gasteiger partial charge in [0.2, 0.25) is 10.0 Å². The molecular weight excluding hydrogens is 328 g/mol. The second-order valence-electron chi connectivity index (χ2n) is 6.31. The number of hydrogen-bond acceptors (Lipinski definition) is 4. The van der Waals surface area contributed by atoms with Crippen LogP contribution in [-0.2, 0) is 10.0 Å². The Hall–Kier alpha value is -0.860. The summed E-state index contributed by atoms with van der Waals surface area (Å²) in [6, 6.07) is 0. The van der Waals surface area contributed by atoms with Crippen LogP contribution in [0, 0.1) is 11.8 Å². The quantitative estimate of drug-likeness (QED) is 0.221. The maximum absolute atomic E-state index is 11.3. The molecular formula is C16H36N4O3S. The molecule has 0 spiro atoms. The first-order chi connectivity index (χ1) is 11.3. The zero-order valence-electron chi connectivity index (χ0n) is 15.6. The van der Waals surface area contributed by atoms with E-state index in [-0.39, 0.29) is 12.4 Å². The van der Waals surface area contributed by atoms with Gasteiger partial charge in [-0.25, -0.2) is 13.1 Å². The SMILES string of the molecule is CCNC(=NCC(CCO)CC(C)C)NCCCNS(=O)(=O)CC. The molecule has 0 saturated heterocycles. The summed E-state index contributed by atoms with van der Waals surface area (Å²) in [5.74, 6) is 1.80. The van der Waals surface area contributed by atoms with Crippen molar-refractivity contribution in [1.82, 2.24) is 15.4 Å². The van der Waals surface area contributed by atoms with Crippen molar-refractivity contribution < 1.29 is 13.5 Å². The Morgan fingerprint density at radius 2 is 1.88 bits per heavy atom. The van der Waals surface area contributed by atoms with E-state index in [2.05, 4.69) is 34.2 Å². The topological polar surface area (TPSA) is 103 Å². The highest BCUT2D eigenvalue weighted by atomic mass is 32.2. The summed E-state index contributed by atoms with van der Waals surface area (Å²) in [6.07, 6.45) is 2.50. The molecule has 0 aliphatic carbocycles. The van der Waals surface area contributed by atoms with Gasteiger partial charge in [-0.3, -0.25) is 4.99 Å². The van der Waals surface area contributed by atoms with Gasteiger partial charge in [0.05, 0.1) is 5.75 Å². The third-order valence-corrected chi connectivity index (χ3v) is 4.95. The Bertz CT molecular complexity index is 439. The van der Waals surface area contributed by atoms with Crippen LogP contribution in [-0.4, -0.2) is 58.0 Å². The molecule has 0 aromatic rings. The van der Waals surface area contributed by atoms with E-state index in [4.69, 9.17) is 5.11 Å². The highest BCUT2D eigenvalue weighted by molar-refractivity contribution is 7.89. The zero-order chi connectivity index (χ0) is 18.4. The maximum Gasteiger partial charge on any atom is 0.211 e. The van der Waals surface area contributed by atoms with Crippen LogP contribution in [0.2, 0.25) is 0 Å². The Morgan fingerprint density at radius 1 is 1.17 bits per heavy atom. The van der Waals surface area contributed by atoms with Crippen molar-refractivity contribution in [2.75, 3.05) is 38.5 Å². The highest BCUT2D eigenvalue weighted by Gasteiger charge is 2.10. The van der Waals surface area contributed by atoms with Gasteiger partial charge in [0.1, 0.15) is 0 Å². The Labute approximate surface area is 147 Å². The summed E-state index contributed by atoms with van der Waals surface area (Å²) in [7, 11) is -3.12. The van der Waals surface area contributed by atoms with Gasteiger partial charge >= 0.3 is 0 Å². The molecule has 24 heavy (non-hydrogen) atoms. The molecule has 1 unspecified atom stereocenters. The van der Waals surface area contributed by atoms with Gasteiger partial charge in [0.15, 0.2) is 5.96 Å². The summed E-state index contributed by atoms with van der Waals surface area (Å²) < 4.78 is 25.2. The van der Waals surface area contributed by atoms with Crippen LogP contribution < -0.4 is 15.4 Å². The molecule has 7 nitrogen and oxygen atoms in total. The lowest BCUT2D eigenvalue weighted by Gasteiger charge is -2.17. The zero-order valence-corrected chi connectivity index (χ0v) is 16.5. The van der Waals surface area contributed by atoms with Crippen LogP contribution in [0.1, 0.15) is 47.0 Å². The lowest BCUT2D eigenvalue weighted by atomic mass is 9.94. The monoisotopic (exact) mass is 364 g/mol. The van der Waals surface area contributed by atoms with Crippen molar-refractivity contribution in [2.24, 2.45) is 16.8 Å². The standard InChI is InChI=1S/C16H36N4O3S/c1-5-17-16(18-9-7-10-20-24(22,23)6-2)19-13-15(8-11-21)12-14(3)4/h14-15,20-21H,5-13H2,1-4H3,(H2,17,18,19). The van der Waals surface area contributed by atoms with E-state index in [9.17, 15) is 8.42 Å². The first-order valence-electron chi connectivity index (χ1n) is 8.94. The van der Waals surface area contributed by atoms with Crippen molar-refractivity contribution in [1.29, 1.82) is 0 Å². The first kappa shape index (κ1) is 23.1. The van der Waals surface area contributed by atoms with E-state index >= 15 is 0 Å². The molecule has 0 aliphatic rings. The van der Waals surface area contributed by atoms with E-state index in [1.807, 2.05) is 6.92 Å². The van der Waals surface area contributed by atoms with Crippen molar-refractivity contribution in [3.63, 3.8) is 0 Å². The van der Waals surface area contributed by atoms with Gasteiger partial charge in [-0.1, -0.05) is 13.8 Å². The number of hydrogen-bond donors (Lipinski definition) is 4. The normalized spacial score (nSPS) is 14.0. The molecule has 0 bridgehead atoms. The van der Waals surface area contributed by atoms with E-state index in [1.54, 1.807) is 6.92 Å². The minimum Gasteiger partial charge on any atom is -0.396 e. The maximum atomic E-state index is 11.3. The third kappa shape index (κ3) is 12.5. The molecule has 0 radical (unpaired) electrons. The number of guanidine groups is 1. The van der Waals surface area contributed by atoms with Crippen molar-refractivity contribution in [3.05, 3.63) is 0 Å². The molecule has 0 rings (SSSR count). The van der Waals surface area contributed by atoms with E-state index in [1.165, 1.54) is 0 Å². The number of sulfonamides is 1. The lowest BCUT2D eigenvalue weighted by Crippen LogP contribution is -2.39. The second-order valence-corrected chi connectivity index (χ2v) is 8.40. The van der Waals surface area contributed by atoms with Gasteiger partial charge in [-0.2, -0.15) is 0 Å². The van der Waals surface area contributed by atoms with Crippen LogP contribution >= 0.6 is 0 Å². The Morgan fingerprint density at radius 3 is 2.42 bits per heavy atom. The van der Waals surface area contributed by atoms with E-state index in [0.717, 1.165) is 25.3 Å². The van der Waals surface area contributed by atoms with Gasteiger partial charge in [-0.05, 0) is 44.9 Å². The molecule has 0 saturated carbocycles.